The Labute approximate surface area is 103 Å². The third kappa shape index (κ3) is 3.89. The van der Waals surface area contributed by atoms with E-state index in [0.717, 1.165) is 36.4 Å². The Morgan fingerprint density at radius 1 is 1.44 bits per heavy atom. The van der Waals surface area contributed by atoms with E-state index in [1.807, 2.05) is 18.2 Å². The average Bonchev–Trinajstić information content (AvgIpc) is 2.31. The van der Waals surface area contributed by atoms with Crippen LogP contribution in [0, 0.1) is 12.3 Å². The van der Waals surface area contributed by atoms with E-state index in [9.17, 15) is 0 Å². The number of hydrogen-bond acceptors (Lipinski definition) is 1. The van der Waals surface area contributed by atoms with Crippen LogP contribution in [0.15, 0.2) is 24.3 Å². The molecule has 0 amide bonds. The molecule has 0 bridgehead atoms. The van der Waals surface area contributed by atoms with Crippen LogP contribution in [0.1, 0.15) is 37.8 Å². The van der Waals surface area contributed by atoms with Crippen LogP contribution >= 0.6 is 11.6 Å². The summed E-state index contributed by atoms with van der Waals surface area (Å²) >= 11 is 6.19. The van der Waals surface area contributed by atoms with E-state index in [1.54, 1.807) is 0 Å². The van der Waals surface area contributed by atoms with Crippen LogP contribution in [-0.4, -0.2) is 6.54 Å². The summed E-state index contributed by atoms with van der Waals surface area (Å²) < 4.78 is 0. The van der Waals surface area contributed by atoms with Gasteiger partial charge in [-0.05, 0) is 31.0 Å². The number of rotatable bonds is 6. The monoisotopic (exact) mass is 235 g/mol. The molecular weight excluding hydrogens is 218 g/mol. The fraction of sp³-hybridized carbons (Fsp3) is 0.429. The number of hydrogen-bond donors (Lipinski definition) is 1. The largest absolute Gasteiger partial charge is 0.310 e. The normalized spacial score (nSPS) is 12.1. The second-order valence-corrected chi connectivity index (χ2v) is 4.18. The summed E-state index contributed by atoms with van der Waals surface area (Å²) in [6, 6.07) is 8.21. The van der Waals surface area contributed by atoms with E-state index in [0.29, 0.717) is 0 Å². The Morgan fingerprint density at radius 2 is 2.19 bits per heavy atom. The molecule has 0 aromatic heterocycles. The fourth-order valence-electron chi connectivity index (χ4n) is 1.67. The van der Waals surface area contributed by atoms with Crippen LogP contribution in [0.4, 0.5) is 0 Å². The highest BCUT2D eigenvalue weighted by Gasteiger charge is 2.12. The molecule has 1 atom stereocenters. The van der Waals surface area contributed by atoms with Gasteiger partial charge < -0.3 is 5.32 Å². The summed E-state index contributed by atoms with van der Waals surface area (Å²) in [4.78, 5) is 0. The van der Waals surface area contributed by atoms with Crippen LogP contribution in [0.3, 0.4) is 0 Å². The van der Waals surface area contributed by atoms with E-state index in [4.69, 9.17) is 18.0 Å². The fourth-order valence-corrected chi connectivity index (χ4v) is 1.94. The molecule has 1 N–H and O–H groups in total. The molecule has 0 aliphatic carbocycles. The van der Waals surface area contributed by atoms with Crippen molar-refractivity contribution >= 4 is 11.6 Å². The van der Waals surface area contributed by atoms with Gasteiger partial charge in [0.2, 0.25) is 0 Å². The maximum absolute atomic E-state index is 6.19. The van der Waals surface area contributed by atoms with Gasteiger partial charge in [0.05, 0.1) is 0 Å². The molecule has 0 aliphatic rings. The zero-order valence-electron chi connectivity index (χ0n) is 9.67. The number of benzene rings is 1. The van der Waals surface area contributed by atoms with E-state index in [-0.39, 0.29) is 6.04 Å². The van der Waals surface area contributed by atoms with Gasteiger partial charge in [-0.2, -0.15) is 0 Å². The van der Waals surface area contributed by atoms with Crippen LogP contribution in [-0.2, 0) is 0 Å². The third-order valence-corrected chi connectivity index (χ3v) is 2.84. The third-order valence-electron chi connectivity index (χ3n) is 2.50. The molecule has 1 aromatic carbocycles. The molecule has 0 radical (unpaired) electrons. The second kappa shape index (κ2) is 7.33. The van der Waals surface area contributed by atoms with Crippen LogP contribution in [0.25, 0.3) is 0 Å². The SMILES string of the molecule is C#CCCC(NCCC)c1ccccc1Cl. The smallest absolute Gasteiger partial charge is 0.0453 e. The first-order chi connectivity index (χ1) is 7.79. The maximum Gasteiger partial charge on any atom is 0.0453 e. The lowest BCUT2D eigenvalue weighted by Gasteiger charge is -2.19. The highest BCUT2D eigenvalue weighted by Crippen LogP contribution is 2.25. The van der Waals surface area contributed by atoms with Crippen LogP contribution in [0.2, 0.25) is 5.02 Å². The summed E-state index contributed by atoms with van der Waals surface area (Å²) in [5.74, 6) is 2.68. The molecule has 0 saturated carbocycles. The molecule has 1 rings (SSSR count). The van der Waals surface area contributed by atoms with E-state index < -0.39 is 0 Å². The lowest BCUT2D eigenvalue weighted by atomic mass is 10.0. The molecule has 1 nitrogen and oxygen atoms in total. The molecule has 1 aromatic rings. The van der Waals surface area contributed by atoms with E-state index in [1.165, 1.54) is 0 Å². The van der Waals surface area contributed by atoms with Crippen molar-refractivity contribution < 1.29 is 0 Å². The van der Waals surface area contributed by atoms with E-state index >= 15 is 0 Å². The van der Waals surface area contributed by atoms with Gasteiger partial charge in [0.25, 0.3) is 0 Å². The summed E-state index contributed by atoms with van der Waals surface area (Å²) in [5.41, 5.74) is 1.15. The van der Waals surface area contributed by atoms with Gasteiger partial charge in [0, 0.05) is 17.5 Å². The molecule has 0 saturated heterocycles. The maximum atomic E-state index is 6.19. The molecule has 0 fully saturated rings. The minimum absolute atomic E-state index is 0.268. The lowest BCUT2D eigenvalue weighted by molar-refractivity contribution is 0.506. The van der Waals surface area contributed by atoms with Crippen molar-refractivity contribution in [3.05, 3.63) is 34.9 Å². The summed E-state index contributed by atoms with van der Waals surface area (Å²) in [6.07, 6.45) is 8.12. The van der Waals surface area contributed by atoms with Crippen molar-refractivity contribution in [2.24, 2.45) is 0 Å². The van der Waals surface area contributed by atoms with Gasteiger partial charge in [-0.3, -0.25) is 0 Å². The molecule has 0 spiro atoms. The summed E-state index contributed by atoms with van der Waals surface area (Å²) in [6.45, 7) is 3.14. The Morgan fingerprint density at radius 3 is 2.81 bits per heavy atom. The lowest BCUT2D eigenvalue weighted by Crippen LogP contribution is -2.22. The van der Waals surface area contributed by atoms with Crippen molar-refractivity contribution in [1.29, 1.82) is 0 Å². The highest BCUT2D eigenvalue weighted by molar-refractivity contribution is 6.31. The van der Waals surface area contributed by atoms with Gasteiger partial charge >= 0.3 is 0 Å². The summed E-state index contributed by atoms with van der Waals surface area (Å²) in [5, 5.41) is 4.29. The van der Waals surface area contributed by atoms with Crippen molar-refractivity contribution in [3.63, 3.8) is 0 Å². The highest BCUT2D eigenvalue weighted by atomic mass is 35.5. The predicted molar refractivity (Wildman–Crippen MR) is 70.6 cm³/mol. The zero-order valence-corrected chi connectivity index (χ0v) is 10.4. The first kappa shape index (κ1) is 13.1. The molecular formula is C14H18ClN. The Bertz CT molecular complexity index is 354. The number of nitrogens with one attached hydrogen (secondary N) is 1. The number of terminal acetylenes is 1. The average molecular weight is 236 g/mol. The van der Waals surface area contributed by atoms with Crippen molar-refractivity contribution in [2.45, 2.75) is 32.2 Å². The topological polar surface area (TPSA) is 12.0 Å². The van der Waals surface area contributed by atoms with Crippen molar-refractivity contribution in [2.75, 3.05) is 6.54 Å². The van der Waals surface area contributed by atoms with Crippen molar-refractivity contribution in [3.8, 4) is 12.3 Å². The molecule has 0 heterocycles. The minimum Gasteiger partial charge on any atom is -0.310 e. The second-order valence-electron chi connectivity index (χ2n) is 3.77. The first-order valence-electron chi connectivity index (χ1n) is 5.70. The molecule has 86 valence electrons. The van der Waals surface area contributed by atoms with Gasteiger partial charge in [-0.25, -0.2) is 0 Å². The molecule has 1 unspecified atom stereocenters. The Hall–Kier alpha value is -0.970. The van der Waals surface area contributed by atoms with Gasteiger partial charge in [0.15, 0.2) is 0 Å². The van der Waals surface area contributed by atoms with Gasteiger partial charge in [-0.15, -0.1) is 12.3 Å². The Balaban J connectivity index is 2.75. The first-order valence-corrected chi connectivity index (χ1v) is 6.08. The molecule has 0 aliphatic heterocycles. The minimum atomic E-state index is 0.268. The number of halogens is 1. The van der Waals surface area contributed by atoms with Crippen LogP contribution < -0.4 is 5.32 Å². The van der Waals surface area contributed by atoms with Crippen LogP contribution in [0.5, 0.6) is 0 Å². The van der Waals surface area contributed by atoms with Gasteiger partial charge in [-0.1, -0.05) is 36.7 Å². The molecule has 16 heavy (non-hydrogen) atoms. The zero-order chi connectivity index (χ0) is 11.8. The quantitative estimate of drug-likeness (QED) is 0.740. The molecule has 2 heteroatoms. The predicted octanol–water partition coefficient (Wildman–Crippen LogP) is 3.79. The standard InChI is InChI=1S/C14H18ClN/c1-3-5-10-14(16-11-4-2)12-8-6-7-9-13(12)15/h1,6-9,14,16H,4-5,10-11H2,2H3. The summed E-state index contributed by atoms with van der Waals surface area (Å²) in [7, 11) is 0. The Kier molecular flexibility index (Phi) is 6.00. The van der Waals surface area contributed by atoms with Gasteiger partial charge in [0.1, 0.15) is 0 Å². The van der Waals surface area contributed by atoms with E-state index in [2.05, 4.69) is 24.2 Å². The van der Waals surface area contributed by atoms with Crippen molar-refractivity contribution in [1.82, 2.24) is 5.32 Å².